The third kappa shape index (κ3) is 3.21. The lowest BCUT2D eigenvalue weighted by Gasteiger charge is -2.02. The normalized spacial score (nSPS) is 9.50. The van der Waals surface area contributed by atoms with E-state index >= 15 is 0 Å². The van der Waals surface area contributed by atoms with Crippen LogP contribution >= 0.6 is 0 Å². The fourth-order valence-corrected chi connectivity index (χ4v) is 0.770. The molecule has 0 unspecified atom stereocenters. The highest BCUT2D eigenvalue weighted by Crippen LogP contribution is 1.88. The highest BCUT2D eigenvalue weighted by Gasteiger charge is 2.08. The van der Waals surface area contributed by atoms with E-state index < -0.39 is 0 Å². The summed E-state index contributed by atoms with van der Waals surface area (Å²) >= 11 is 0. The van der Waals surface area contributed by atoms with E-state index in [-0.39, 0.29) is 17.5 Å². The number of rotatable bonds is 4. The molecule has 0 saturated carbocycles. The summed E-state index contributed by atoms with van der Waals surface area (Å²) < 4.78 is 4.25. The van der Waals surface area contributed by atoms with Crippen LogP contribution in [-0.2, 0) is 4.79 Å². The minimum Gasteiger partial charge on any atom is -0.355 e. The minimum absolute atomic E-state index is 0.118. The zero-order chi connectivity index (χ0) is 10.4. The van der Waals surface area contributed by atoms with E-state index in [0.717, 1.165) is 0 Å². The smallest absolute Gasteiger partial charge is 0.275 e. The molecule has 0 aliphatic heterocycles. The van der Waals surface area contributed by atoms with Crippen molar-refractivity contribution in [2.24, 2.45) is 0 Å². The molecule has 1 aromatic rings. The summed E-state index contributed by atoms with van der Waals surface area (Å²) in [4.78, 5) is 21.6. The van der Waals surface area contributed by atoms with Crippen LogP contribution in [-0.4, -0.2) is 35.2 Å². The number of carbonyl (C=O) groups excluding carboxylic acids is 2. The van der Waals surface area contributed by atoms with Gasteiger partial charge in [-0.15, -0.1) is 0 Å². The summed E-state index contributed by atoms with van der Waals surface area (Å²) in [6.07, 6.45) is 1.22. The predicted octanol–water partition coefficient (Wildman–Crippen LogP) is -1.06. The first-order valence-corrected chi connectivity index (χ1v) is 4.00. The lowest BCUT2D eigenvalue weighted by molar-refractivity contribution is -0.118. The van der Waals surface area contributed by atoms with Crippen molar-refractivity contribution >= 4 is 11.8 Å². The van der Waals surface area contributed by atoms with Gasteiger partial charge in [-0.25, -0.2) is 4.63 Å². The summed E-state index contributed by atoms with van der Waals surface area (Å²) in [7, 11) is 0. The molecule has 7 heteroatoms. The Balaban J connectivity index is 2.19. The molecule has 1 heterocycles. The SMILES string of the molecule is CC(=O)NCCNC(=O)c1cnon1. The first-order chi connectivity index (χ1) is 6.70. The van der Waals surface area contributed by atoms with Crippen molar-refractivity contribution in [2.45, 2.75) is 6.92 Å². The summed E-state index contributed by atoms with van der Waals surface area (Å²) in [6, 6.07) is 0. The van der Waals surface area contributed by atoms with Gasteiger partial charge in [0.2, 0.25) is 5.91 Å². The lowest BCUT2D eigenvalue weighted by atomic mass is 10.4. The van der Waals surface area contributed by atoms with Gasteiger partial charge in [-0.3, -0.25) is 9.59 Å². The van der Waals surface area contributed by atoms with Crippen molar-refractivity contribution in [1.29, 1.82) is 0 Å². The van der Waals surface area contributed by atoms with Crippen LogP contribution < -0.4 is 10.6 Å². The van der Waals surface area contributed by atoms with Gasteiger partial charge in [-0.05, 0) is 5.16 Å². The Labute approximate surface area is 79.8 Å². The monoisotopic (exact) mass is 198 g/mol. The van der Waals surface area contributed by atoms with E-state index in [4.69, 9.17) is 0 Å². The molecule has 76 valence electrons. The molecule has 7 nitrogen and oxygen atoms in total. The molecule has 2 amide bonds. The molecule has 0 bridgehead atoms. The van der Waals surface area contributed by atoms with Crippen molar-refractivity contribution < 1.29 is 14.2 Å². The largest absolute Gasteiger partial charge is 0.355 e. The van der Waals surface area contributed by atoms with E-state index in [1.807, 2.05) is 0 Å². The van der Waals surface area contributed by atoms with Crippen molar-refractivity contribution in [3.8, 4) is 0 Å². The molecule has 14 heavy (non-hydrogen) atoms. The second-order valence-electron chi connectivity index (χ2n) is 2.53. The maximum absolute atomic E-state index is 11.2. The number of nitrogens with zero attached hydrogens (tertiary/aromatic N) is 2. The standard InChI is InChI=1S/C7H10N4O3/c1-5(12)8-2-3-9-7(13)6-4-10-14-11-6/h4H,2-3H2,1H3,(H,8,12)(H,9,13). The van der Waals surface area contributed by atoms with Crippen molar-refractivity contribution in [3.05, 3.63) is 11.9 Å². The Bertz CT molecular complexity index is 309. The maximum Gasteiger partial charge on any atom is 0.275 e. The van der Waals surface area contributed by atoms with E-state index in [9.17, 15) is 9.59 Å². The molecular weight excluding hydrogens is 188 g/mol. The highest BCUT2D eigenvalue weighted by atomic mass is 16.6. The first kappa shape index (κ1) is 10.2. The van der Waals surface area contributed by atoms with Gasteiger partial charge in [0.1, 0.15) is 6.20 Å². The van der Waals surface area contributed by atoms with Crippen LogP contribution in [0, 0.1) is 0 Å². The molecule has 0 radical (unpaired) electrons. The van der Waals surface area contributed by atoms with Crippen LogP contribution in [0.25, 0.3) is 0 Å². The maximum atomic E-state index is 11.2. The van der Waals surface area contributed by atoms with E-state index in [1.165, 1.54) is 13.1 Å². The minimum atomic E-state index is -0.378. The average Bonchev–Trinajstić information content (AvgIpc) is 2.64. The summed E-state index contributed by atoms with van der Waals surface area (Å²) in [5.41, 5.74) is 0.118. The number of amides is 2. The van der Waals surface area contributed by atoms with Crippen LogP contribution in [0.3, 0.4) is 0 Å². The Morgan fingerprint density at radius 3 is 2.71 bits per heavy atom. The number of carbonyl (C=O) groups is 2. The quantitative estimate of drug-likeness (QED) is 0.601. The van der Waals surface area contributed by atoms with Crippen LogP contribution in [0.1, 0.15) is 17.4 Å². The van der Waals surface area contributed by atoms with Crippen molar-refractivity contribution in [3.63, 3.8) is 0 Å². The number of nitrogens with one attached hydrogen (secondary N) is 2. The zero-order valence-corrected chi connectivity index (χ0v) is 7.61. The molecule has 0 saturated heterocycles. The van der Waals surface area contributed by atoms with E-state index in [1.54, 1.807) is 0 Å². The van der Waals surface area contributed by atoms with Gasteiger partial charge in [0.05, 0.1) is 0 Å². The molecule has 0 aliphatic carbocycles. The molecule has 1 aromatic heterocycles. The van der Waals surface area contributed by atoms with Gasteiger partial charge in [-0.2, -0.15) is 0 Å². The molecular formula is C7H10N4O3. The molecule has 0 atom stereocenters. The zero-order valence-electron chi connectivity index (χ0n) is 7.61. The highest BCUT2D eigenvalue weighted by molar-refractivity contribution is 5.91. The third-order valence-corrected chi connectivity index (χ3v) is 1.38. The van der Waals surface area contributed by atoms with E-state index in [0.29, 0.717) is 13.1 Å². The second-order valence-corrected chi connectivity index (χ2v) is 2.53. The Kier molecular flexibility index (Phi) is 3.59. The number of hydrogen-bond acceptors (Lipinski definition) is 5. The Morgan fingerprint density at radius 1 is 1.43 bits per heavy atom. The van der Waals surface area contributed by atoms with Gasteiger partial charge in [-0.1, -0.05) is 5.16 Å². The number of hydrogen-bond donors (Lipinski definition) is 2. The summed E-state index contributed by atoms with van der Waals surface area (Å²) in [5, 5.41) is 11.7. The van der Waals surface area contributed by atoms with Gasteiger partial charge in [0, 0.05) is 20.0 Å². The van der Waals surface area contributed by atoms with Gasteiger partial charge in [0.15, 0.2) is 5.69 Å². The van der Waals surface area contributed by atoms with Gasteiger partial charge >= 0.3 is 0 Å². The fourth-order valence-electron chi connectivity index (χ4n) is 0.770. The summed E-state index contributed by atoms with van der Waals surface area (Å²) in [5.74, 6) is -0.515. The third-order valence-electron chi connectivity index (χ3n) is 1.38. The Morgan fingerprint density at radius 2 is 2.14 bits per heavy atom. The lowest BCUT2D eigenvalue weighted by Crippen LogP contribution is -2.33. The van der Waals surface area contributed by atoms with Gasteiger partial charge < -0.3 is 10.6 Å². The fraction of sp³-hybridized carbons (Fsp3) is 0.429. The van der Waals surface area contributed by atoms with Crippen LogP contribution in [0.4, 0.5) is 0 Å². The van der Waals surface area contributed by atoms with Crippen LogP contribution in [0.5, 0.6) is 0 Å². The topological polar surface area (TPSA) is 97.1 Å². The molecule has 1 rings (SSSR count). The molecule has 2 N–H and O–H groups in total. The second kappa shape index (κ2) is 4.95. The molecule has 0 aliphatic rings. The first-order valence-electron chi connectivity index (χ1n) is 4.00. The van der Waals surface area contributed by atoms with Crippen LogP contribution in [0.2, 0.25) is 0 Å². The van der Waals surface area contributed by atoms with Crippen LogP contribution in [0.15, 0.2) is 10.8 Å². The number of aromatic nitrogens is 2. The molecule has 0 spiro atoms. The summed E-state index contributed by atoms with van der Waals surface area (Å²) in [6.45, 7) is 2.13. The van der Waals surface area contributed by atoms with E-state index in [2.05, 4.69) is 25.6 Å². The van der Waals surface area contributed by atoms with Gasteiger partial charge in [0.25, 0.3) is 5.91 Å². The predicted molar refractivity (Wildman–Crippen MR) is 45.3 cm³/mol. The molecule has 0 aromatic carbocycles. The average molecular weight is 198 g/mol. The Hall–Kier alpha value is -1.92. The van der Waals surface area contributed by atoms with Crippen molar-refractivity contribution in [1.82, 2.24) is 20.9 Å². The molecule has 0 fully saturated rings. The van der Waals surface area contributed by atoms with Crippen molar-refractivity contribution in [2.75, 3.05) is 13.1 Å².